The molecule has 1 aliphatic rings. The van der Waals surface area contributed by atoms with Gasteiger partial charge in [-0.25, -0.2) is 0 Å². The zero-order valence-corrected chi connectivity index (χ0v) is 14.4. The third-order valence-corrected chi connectivity index (χ3v) is 4.71. The predicted molar refractivity (Wildman–Crippen MR) is 91.6 cm³/mol. The van der Waals surface area contributed by atoms with Crippen LogP contribution in [0.3, 0.4) is 0 Å². The van der Waals surface area contributed by atoms with E-state index in [1.54, 1.807) is 0 Å². The average molecular weight is 302 g/mol. The van der Waals surface area contributed by atoms with Crippen LogP contribution in [-0.4, -0.2) is 29.9 Å². The lowest BCUT2D eigenvalue weighted by Gasteiger charge is -2.38. The van der Waals surface area contributed by atoms with Gasteiger partial charge in [0.15, 0.2) is 0 Å². The SMILES string of the molecule is CCc1ccc(CN[C@H]2CCN(C(=O)C(C)C)C[C@@H]2C)cc1. The molecule has 122 valence electrons. The third-order valence-electron chi connectivity index (χ3n) is 4.71. The van der Waals surface area contributed by atoms with E-state index in [2.05, 4.69) is 43.4 Å². The Balaban J connectivity index is 1.83. The monoisotopic (exact) mass is 302 g/mol. The first-order valence-corrected chi connectivity index (χ1v) is 8.61. The lowest BCUT2D eigenvalue weighted by molar-refractivity contribution is -0.136. The summed E-state index contributed by atoms with van der Waals surface area (Å²) in [5.74, 6) is 0.903. The van der Waals surface area contributed by atoms with Crippen LogP contribution in [-0.2, 0) is 17.8 Å². The smallest absolute Gasteiger partial charge is 0.225 e. The summed E-state index contributed by atoms with van der Waals surface area (Å²) in [5.41, 5.74) is 2.72. The van der Waals surface area contributed by atoms with Crippen LogP contribution in [0.25, 0.3) is 0 Å². The van der Waals surface area contributed by atoms with E-state index in [-0.39, 0.29) is 5.92 Å². The molecule has 0 aromatic heterocycles. The topological polar surface area (TPSA) is 32.3 Å². The van der Waals surface area contributed by atoms with E-state index in [9.17, 15) is 4.79 Å². The lowest BCUT2D eigenvalue weighted by Crippen LogP contribution is -2.50. The Labute approximate surface area is 135 Å². The lowest BCUT2D eigenvalue weighted by atomic mass is 9.92. The number of hydrogen-bond acceptors (Lipinski definition) is 2. The van der Waals surface area contributed by atoms with Crippen molar-refractivity contribution in [3.8, 4) is 0 Å². The van der Waals surface area contributed by atoms with Gasteiger partial charge in [-0.2, -0.15) is 0 Å². The molecule has 0 aliphatic carbocycles. The molecule has 3 heteroatoms. The standard InChI is InChI=1S/C19H30N2O/c1-5-16-6-8-17(9-7-16)12-20-18-10-11-21(13-15(18)4)19(22)14(2)3/h6-9,14-15,18,20H,5,10-13H2,1-4H3/t15-,18-/m0/s1. The van der Waals surface area contributed by atoms with Crippen molar-refractivity contribution in [2.45, 2.75) is 53.1 Å². The first-order chi connectivity index (χ1) is 10.5. The maximum Gasteiger partial charge on any atom is 0.225 e. The van der Waals surface area contributed by atoms with Gasteiger partial charge < -0.3 is 10.2 Å². The maximum atomic E-state index is 12.1. The Morgan fingerprint density at radius 1 is 1.27 bits per heavy atom. The Hall–Kier alpha value is -1.35. The van der Waals surface area contributed by atoms with Crippen LogP contribution >= 0.6 is 0 Å². The van der Waals surface area contributed by atoms with Crippen molar-refractivity contribution in [3.05, 3.63) is 35.4 Å². The summed E-state index contributed by atoms with van der Waals surface area (Å²) in [7, 11) is 0. The Bertz CT molecular complexity index is 481. The van der Waals surface area contributed by atoms with Gasteiger partial charge in [0.1, 0.15) is 0 Å². The number of aryl methyl sites for hydroxylation is 1. The van der Waals surface area contributed by atoms with E-state index in [1.807, 2.05) is 18.7 Å². The molecule has 1 N–H and O–H groups in total. The van der Waals surface area contributed by atoms with Gasteiger partial charge in [-0.15, -0.1) is 0 Å². The molecule has 2 atom stereocenters. The molecular formula is C19H30N2O. The number of nitrogens with one attached hydrogen (secondary N) is 1. The largest absolute Gasteiger partial charge is 0.342 e. The number of nitrogens with zero attached hydrogens (tertiary/aromatic N) is 1. The molecule has 22 heavy (non-hydrogen) atoms. The molecule has 1 aromatic rings. The summed E-state index contributed by atoms with van der Waals surface area (Å²) < 4.78 is 0. The second-order valence-corrected chi connectivity index (χ2v) is 6.86. The molecule has 1 aliphatic heterocycles. The van der Waals surface area contributed by atoms with E-state index in [4.69, 9.17) is 0 Å². The molecular weight excluding hydrogens is 272 g/mol. The van der Waals surface area contributed by atoms with Crippen LogP contribution < -0.4 is 5.32 Å². The van der Waals surface area contributed by atoms with Gasteiger partial charge in [-0.3, -0.25) is 4.79 Å². The molecule has 1 fully saturated rings. The summed E-state index contributed by atoms with van der Waals surface area (Å²) in [5, 5.41) is 3.68. The second-order valence-electron chi connectivity index (χ2n) is 6.86. The first-order valence-electron chi connectivity index (χ1n) is 8.61. The second kappa shape index (κ2) is 7.77. The summed E-state index contributed by atoms with van der Waals surface area (Å²) in [6.45, 7) is 11.1. The fourth-order valence-corrected chi connectivity index (χ4v) is 3.16. The van der Waals surface area contributed by atoms with Gasteiger partial charge in [0.2, 0.25) is 5.91 Å². The highest BCUT2D eigenvalue weighted by Crippen LogP contribution is 2.19. The number of benzene rings is 1. The van der Waals surface area contributed by atoms with E-state index in [0.29, 0.717) is 17.9 Å². The molecule has 0 radical (unpaired) electrons. The minimum Gasteiger partial charge on any atom is -0.342 e. The van der Waals surface area contributed by atoms with Crippen molar-refractivity contribution in [3.63, 3.8) is 0 Å². The molecule has 0 saturated carbocycles. The molecule has 0 unspecified atom stereocenters. The van der Waals surface area contributed by atoms with Gasteiger partial charge in [0.05, 0.1) is 0 Å². The van der Waals surface area contributed by atoms with Crippen molar-refractivity contribution in [1.82, 2.24) is 10.2 Å². The predicted octanol–water partition coefficient (Wildman–Crippen LogP) is 3.23. The van der Waals surface area contributed by atoms with E-state index >= 15 is 0 Å². The molecule has 0 spiro atoms. The quantitative estimate of drug-likeness (QED) is 0.905. The zero-order valence-electron chi connectivity index (χ0n) is 14.4. The van der Waals surface area contributed by atoms with Crippen LogP contribution in [0.1, 0.15) is 45.2 Å². The normalized spacial score (nSPS) is 22.1. The summed E-state index contributed by atoms with van der Waals surface area (Å²) in [6, 6.07) is 9.36. The minimum absolute atomic E-state index is 0.105. The summed E-state index contributed by atoms with van der Waals surface area (Å²) in [6.07, 6.45) is 2.14. The Kier molecular flexibility index (Phi) is 6.01. The average Bonchev–Trinajstić information content (AvgIpc) is 2.53. The van der Waals surface area contributed by atoms with Crippen molar-refractivity contribution >= 4 is 5.91 Å². The van der Waals surface area contributed by atoms with Crippen LogP contribution in [0, 0.1) is 11.8 Å². The van der Waals surface area contributed by atoms with Crippen LogP contribution in [0.2, 0.25) is 0 Å². The molecule has 1 aromatic carbocycles. The fraction of sp³-hybridized carbons (Fsp3) is 0.632. The van der Waals surface area contributed by atoms with Crippen molar-refractivity contribution in [2.75, 3.05) is 13.1 Å². The highest BCUT2D eigenvalue weighted by Gasteiger charge is 2.29. The van der Waals surface area contributed by atoms with Gasteiger partial charge >= 0.3 is 0 Å². The highest BCUT2D eigenvalue weighted by molar-refractivity contribution is 5.78. The first kappa shape index (κ1) is 17.0. The van der Waals surface area contributed by atoms with E-state index in [1.165, 1.54) is 11.1 Å². The Morgan fingerprint density at radius 3 is 2.45 bits per heavy atom. The number of likely N-dealkylation sites (tertiary alicyclic amines) is 1. The van der Waals surface area contributed by atoms with Gasteiger partial charge in [-0.1, -0.05) is 52.0 Å². The highest BCUT2D eigenvalue weighted by atomic mass is 16.2. The van der Waals surface area contributed by atoms with Gasteiger partial charge in [0.25, 0.3) is 0 Å². The number of carbonyl (C=O) groups is 1. The van der Waals surface area contributed by atoms with Gasteiger partial charge in [0, 0.05) is 31.6 Å². The van der Waals surface area contributed by atoms with Crippen molar-refractivity contribution in [1.29, 1.82) is 0 Å². The van der Waals surface area contributed by atoms with Gasteiger partial charge in [-0.05, 0) is 29.9 Å². The minimum atomic E-state index is 0.105. The summed E-state index contributed by atoms with van der Waals surface area (Å²) in [4.78, 5) is 14.1. The Morgan fingerprint density at radius 2 is 1.91 bits per heavy atom. The van der Waals surface area contributed by atoms with Crippen LogP contribution in [0.5, 0.6) is 0 Å². The fourth-order valence-electron chi connectivity index (χ4n) is 3.16. The van der Waals surface area contributed by atoms with E-state index < -0.39 is 0 Å². The van der Waals surface area contributed by atoms with Crippen LogP contribution in [0.4, 0.5) is 0 Å². The van der Waals surface area contributed by atoms with Crippen LogP contribution in [0.15, 0.2) is 24.3 Å². The number of rotatable bonds is 5. The molecule has 2 rings (SSSR count). The van der Waals surface area contributed by atoms with E-state index in [0.717, 1.165) is 32.5 Å². The number of carbonyl (C=O) groups excluding carboxylic acids is 1. The van der Waals surface area contributed by atoms with Crippen molar-refractivity contribution < 1.29 is 4.79 Å². The molecule has 1 amide bonds. The molecule has 0 bridgehead atoms. The van der Waals surface area contributed by atoms with Crippen molar-refractivity contribution in [2.24, 2.45) is 11.8 Å². The molecule has 1 heterocycles. The number of piperidine rings is 1. The zero-order chi connectivity index (χ0) is 16.1. The third kappa shape index (κ3) is 4.33. The molecule has 3 nitrogen and oxygen atoms in total. The molecule has 1 saturated heterocycles. The maximum absolute atomic E-state index is 12.1. The summed E-state index contributed by atoms with van der Waals surface area (Å²) >= 11 is 0. The number of amides is 1. The number of hydrogen-bond donors (Lipinski definition) is 1.